The average molecular weight is 332 g/mol. The van der Waals surface area contributed by atoms with Gasteiger partial charge in [0.05, 0.1) is 5.56 Å². The quantitative estimate of drug-likeness (QED) is 0.759. The monoisotopic (exact) mass is 332 g/mol. The van der Waals surface area contributed by atoms with Crippen molar-refractivity contribution in [1.29, 1.82) is 0 Å². The zero-order chi connectivity index (χ0) is 17.2. The second-order valence-corrected chi connectivity index (χ2v) is 4.96. The van der Waals surface area contributed by atoms with Crippen LogP contribution in [-0.4, -0.2) is 15.2 Å². The summed E-state index contributed by atoms with van der Waals surface area (Å²) in [6.45, 7) is 0. The number of hydrogen-bond acceptors (Lipinski definition) is 4. The van der Waals surface area contributed by atoms with E-state index in [1.807, 2.05) is 0 Å². The predicted molar refractivity (Wildman–Crippen MR) is 81.8 cm³/mol. The highest BCUT2D eigenvalue weighted by Gasteiger charge is 2.29. The van der Waals surface area contributed by atoms with Crippen molar-refractivity contribution in [3.8, 4) is 17.1 Å². The smallest absolute Gasteiger partial charge is 0.416 e. The molecule has 0 radical (unpaired) electrons. The van der Waals surface area contributed by atoms with Gasteiger partial charge < -0.3 is 9.63 Å². The number of benzene rings is 2. The lowest BCUT2D eigenvalue weighted by atomic mass is 10.1. The van der Waals surface area contributed by atoms with Crippen LogP contribution in [0.2, 0.25) is 0 Å². The van der Waals surface area contributed by atoms with E-state index >= 15 is 0 Å². The summed E-state index contributed by atoms with van der Waals surface area (Å²) in [6, 6.07) is 11.0. The lowest BCUT2D eigenvalue weighted by Gasteiger charge is -2.05. The number of halogens is 3. The van der Waals surface area contributed by atoms with Gasteiger partial charge in [-0.15, -0.1) is 0 Å². The molecule has 0 amide bonds. The number of alkyl halides is 3. The summed E-state index contributed by atoms with van der Waals surface area (Å²) >= 11 is 0. The first kappa shape index (κ1) is 15.8. The topological polar surface area (TPSA) is 59.2 Å². The Kier molecular flexibility index (Phi) is 4.07. The number of aromatic hydroxyl groups is 1. The van der Waals surface area contributed by atoms with Crippen LogP contribution in [0.5, 0.6) is 5.75 Å². The molecule has 1 heterocycles. The molecule has 0 fully saturated rings. The van der Waals surface area contributed by atoms with Crippen LogP contribution < -0.4 is 0 Å². The van der Waals surface area contributed by atoms with E-state index < -0.39 is 11.7 Å². The maximum atomic E-state index is 12.5. The second kappa shape index (κ2) is 6.19. The predicted octanol–water partition coefficient (Wildman–Crippen LogP) is 4.63. The van der Waals surface area contributed by atoms with Gasteiger partial charge in [0.2, 0.25) is 5.82 Å². The Morgan fingerprint density at radius 2 is 1.58 bits per heavy atom. The zero-order valence-electron chi connectivity index (χ0n) is 12.2. The molecular formula is C17H11F3N2O2. The van der Waals surface area contributed by atoms with E-state index in [1.165, 1.54) is 30.3 Å². The number of hydrogen-bond donors (Lipinski definition) is 1. The van der Waals surface area contributed by atoms with E-state index in [0.29, 0.717) is 17.0 Å². The molecule has 1 N–H and O–H groups in total. The van der Waals surface area contributed by atoms with Gasteiger partial charge in [-0.1, -0.05) is 17.3 Å². The van der Waals surface area contributed by atoms with Gasteiger partial charge in [-0.25, -0.2) is 0 Å². The SMILES string of the molecule is Oc1ccc(-c2noc(/C=C/c3ccc(C(F)(F)F)cc3)n2)cc1. The molecule has 0 aliphatic rings. The lowest BCUT2D eigenvalue weighted by Crippen LogP contribution is -2.03. The van der Waals surface area contributed by atoms with Crippen molar-refractivity contribution in [3.63, 3.8) is 0 Å². The Morgan fingerprint density at radius 3 is 2.21 bits per heavy atom. The Morgan fingerprint density at radius 1 is 0.917 bits per heavy atom. The molecule has 3 aromatic rings. The van der Waals surface area contributed by atoms with Gasteiger partial charge in [0.1, 0.15) is 5.75 Å². The molecule has 1 aromatic heterocycles. The minimum Gasteiger partial charge on any atom is -0.508 e. The largest absolute Gasteiger partial charge is 0.508 e. The van der Waals surface area contributed by atoms with E-state index in [2.05, 4.69) is 10.1 Å². The van der Waals surface area contributed by atoms with Gasteiger partial charge in [-0.2, -0.15) is 18.2 Å². The Labute approximate surface area is 134 Å². The van der Waals surface area contributed by atoms with Gasteiger partial charge >= 0.3 is 6.18 Å². The number of nitrogens with zero attached hydrogens (tertiary/aromatic N) is 2. The Hall–Kier alpha value is -3.09. The number of aromatic nitrogens is 2. The molecule has 0 aliphatic carbocycles. The summed E-state index contributed by atoms with van der Waals surface area (Å²) in [5.74, 6) is 0.699. The molecule has 0 atom stereocenters. The molecule has 4 nitrogen and oxygen atoms in total. The van der Waals surface area contributed by atoms with Crippen molar-refractivity contribution in [2.75, 3.05) is 0 Å². The van der Waals surface area contributed by atoms with Gasteiger partial charge in [0.15, 0.2) is 0 Å². The molecule has 0 aliphatic heterocycles. The van der Waals surface area contributed by atoms with Gasteiger partial charge in [-0.3, -0.25) is 0 Å². The summed E-state index contributed by atoms with van der Waals surface area (Å²) in [5.41, 5.74) is 0.546. The summed E-state index contributed by atoms with van der Waals surface area (Å²) in [6.07, 6.45) is -1.26. The van der Waals surface area contributed by atoms with Gasteiger partial charge in [0.25, 0.3) is 5.89 Å². The van der Waals surface area contributed by atoms with Crippen LogP contribution in [0, 0.1) is 0 Å². The van der Waals surface area contributed by atoms with Crippen LogP contribution in [0.3, 0.4) is 0 Å². The third kappa shape index (κ3) is 3.62. The van der Waals surface area contributed by atoms with Crippen LogP contribution >= 0.6 is 0 Å². The van der Waals surface area contributed by atoms with Crippen LogP contribution in [0.4, 0.5) is 13.2 Å². The summed E-state index contributed by atoms with van der Waals surface area (Å²) in [5, 5.41) is 13.1. The molecule has 2 aromatic carbocycles. The van der Waals surface area contributed by atoms with Gasteiger partial charge in [-0.05, 0) is 48.0 Å². The first-order valence-corrected chi connectivity index (χ1v) is 6.90. The minimum atomic E-state index is -4.35. The van der Waals surface area contributed by atoms with E-state index in [1.54, 1.807) is 18.2 Å². The molecule has 7 heteroatoms. The highest BCUT2D eigenvalue weighted by atomic mass is 19.4. The van der Waals surface area contributed by atoms with E-state index in [0.717, 1.165) is 12.1 Å². The standard InChI is InChI=1S/C17H11F3N2O2/c18-17(19,20)13-6-1-11(2-7-13)3-10-15-21-16(22-24-15)12-4-8-14(23)9-5-12/h1-10,23H/b10-3+. The van der Waals surface area contributed by atoms with Crippen molar-refractivity contribution >= 4 is 12.2 Å². The van der Waals surface area contributed by atoms with Crippen molar-refractivity contribution < 1.29 is 22.8 Å². The van der Waals surface area contributed by atoms with Crippen molar-refractivity contribution in [1.82, 2.24) is 10.1 Å². The molecule has 0 spiro atoms. The maximum Gasteiger partial charge on any atom is 0.416 e. The molecule has 122 valence electrons. The fourth-order valence-electron chi connectivity index (χ4n) is 1.98. The molecular weight excluding hydrogens is 321 g/mol. The van der Waals surface area contributed by atoms with Crippen molar-refractivity contribution in [2.45, 2.75) is 6.18 Å². The van der Waals surface area contributed by atoms with Crippen molar-refractivity contribution in [3.05, 3.63) is 65.5 Å². The summed E-state index contributed by atoms with van der Waals surface area (Å²) < 4.78 is 42.5. The Bertz CT molecular complexity index is 851. The van der Waals surface area contributed by atoms with E-state index in [-0.39, 0.29) is 11.6 Å². The van der Waals surface area contributed by atoms with Crippen LogP contribution in [-0.2, 0) is 6.18 Å². The minimum absolute atomic E-state index is 0.129. The highest BCUT2D eigenvalue weighted by molar-refractivity contribution is 5.67. The first-order chi connectivity index (χ1) is 11.4. The lowest BCUT2D eigenvalue weighted by molar-refractivity contribution is -0.137. The third-order valence-corrected chi connectivity index (χ3v) is 3.22. The molecule has 3 rings (SSSR count). The maximum absolute atomic E-state index is 12.5. The first-order valence-electron chi connectivity index (χ1n) is 6.90. The van der Waals surface area contributed by atoms with Crippen LogP contribution in [0.25, 0.3) is 23.5 Å². The molecule has 0 bridgehead atoms. The third-order valence-electron chi connectivity index (χ3n) is 3.22. The number of rotatable bonds is 3. The summed E-state index contributed by atoms with van der Waals surface area (Å²) in [7, 11) is 0. The highest BCUT2D eigenvalue weighted by Crippen LogP contribution is 2.29. The summed E-state index contributed by atoms with van der Waals surface area (Å²) in [4.78, 5) is 4.16. The normalized spacial score (nSPS) is 12.0. The molecule has 0 saturated heterocycles. The van der Waals surface area contributed by atoms with Crippen LogP contribution in [0.1, 0.15) is 17.0 Å². The second-order valence-electron chi connectivity index (χ2n) is 4.96. The fourth-order valence-corrected chi connectivity index (χ4v) is 1.98. The van der Waals surface area contributed by atoms with Crippen molar-refractivity contribution in [2.24, 2.45) is 0 Å². The average Bonchev–Trinajstić information content (AvgIpc) is 3.02. The van der Waals surface area contributed by atoms with Gasteiger partial charge in [0, 0.05) is 11.6 Å². The zero-order valence-corrected chi connectivity index (χ0v) is 12.2. The molecule has 0 unspecified atom stereocenters. The van der Waals surface area contributed by atoms with E-state index in [9.17, 15) is 18.3 Å². The fraction of sp³-hybridized carbons (Fsp3) is 0.0588. The van der Waals surface area contributed by atoms with E-state index in [4.69, 9.17) is 4.52 Å². The van der Waals surface area contributed by atoms with Crippen LogP contribution in [0.15, 0.2) is 53.1 Å². The Balaban J connectivity index is 1.74. The molecule has 0 saturated carbocycles. The molecule has 24 heavy (non-hydrogen) atoms. The number of phenols is 1. The number of phenolic OH excluding ortho intramolecular Hbond substituents is 1.